The minimum atomic E-state index is -4.99. The molecule has 1 aromatic carbocycles. The number of rotatable bonds is 3. The van der Waals surface area contributed by atoms with E-state index in [1.54, 1.807) is 0 Å². The highest BCUT2D eigenvalue weighted by Gasteiger charge is 2.32. The van der Waals surface area contributed by atoms with Crippen LogP contribution < -0.4 is 14.2 Å². The van der Waals surface area contributed by atoms with Gasteiger partial charge in [0.25, 0.3) is 0 Å². The van der Waals surface area contributed by atoms with Gasteiger partial charge in [0.1, 0.15) is 0 Å². The summed E-state index contributed by atoms with van der Waals surface area (Å²) in [5.41, 5.74) is 0. The third-order valence-corrected chi connectivity index (χ3v) is 2.12. The largest absolute Gasteiger partial charge is 0.573 e. The molecule has 6 nitrogen and oxygen atoms in total. The molecule has 0 saturated carbocycles. The summed E-state index contributed by atoms with van der Waals surface area (Å²) in [4.78, 5) is 11.0. The van der Waals surface area contributed by atoms with Crippen LogP contribution in [0.25, 0.3) is 0 Å². The van der Waals surface area contributed by atoms with Gasteiger partial charge in [0.15, 0.2) is 11.5 Å². The van der Waals surface area contributed by atoms with Gasteiger partial charge in [-0.1, -0.05) is 12.1 Å². The quantitative estimate of drug-likeness (QED) is 0.863. The Morgan fingerprint density at radius 2 is 1.74 bits per heavy atom. The number of ether oxygens (including phenoxy) is 2. The van der Waals surface area contributed by atoms with E-state index in [0.717, 1.165) is 12.1 Å². The predicted octanol–water partition coefficient (Wildman–Crippen LogP) is 2.16. The number of benzene rings is 1. The van der Waals surface area contributed by atoms with Crippen LogP contribution in [0.2, 0.25) is 0 Å². The van der Waals surface area contributed by atoms with Crippen molar-refractivity contribution >= 4 is 26.0 Å². The van der Waals surface area contributed by atoms with E-state index in [1.165, 1.54) is 16.9 Å². The molecule has 11 heteroatoms. The molecule has 0 spiro atoms. The maximum absolute atomic E-state index is 12.0. The zero-order valence-electron chi connectivity index (χ0n) is 8.77. The molecular weight excluding hydrogens is 315 g/mol. The van der Waals surface area contributed by atoms with Gasteiger partial charge in [-0.3, -0.25) is 0 Å². The lowest BCUT2D eigenvalue weighted by Gasteiger charge is -2.12. The number of alkyl halides is 3. The number of halogens is 4. The van der Waals surface area contributed by atoms with Crippen LogP contribution in [0, 0.1) is 0 Å². The van der Waals surface area contributed by atoms with Crippen molar-refractivity contribution in [1.29, 1.82) is 0 Å². The van der Waals surface area contributed by atoms with E-state index in [9.17, 15) is 26.4 Å². The van der Waals surface area contributed by atoms with E-state index >= 15 is 0 Å². The average Bonchev–Trinajstić information content (AvgIpc) is 2.15. The van der Waals surface area contributed by atoms with Crippen LogP contribution in [0.15, 0.2) is 24.3 Å². The summed E-state index contributed by atoms with van der Waals surface area (Å²) in [5, 5.41) is 0. The number of carbonyl (C=O) groups excluding carboxylic acids is 1. The molecular formula is C8H5ClF3NO5S. The molecule has 1 rings (SSSR count). The van der Waals surface area contributed by atoms with Gasteiger partial charge in [-0.05, 0) is 12.1 Å². The standard InChI is InChI=1S/C8H5ClF3NO5S/c9-19(15,16)13-7(14)17-5-3-1-2-4-6(5)18-8(10,11)12/h1-4H,(H,13,14). The van der Waals surface area contributed by atoms with Crippen molar-refractivity contribution in [1.82, 2.24) is 4.72 Å². The van der Waals surface area contributed by atoms with Gasteiger partial charge in [-0.25, -0.2) is 9.52 Å². The van der Waals surface area contributed by atoms with E-state index in [2.05, 4.69) is 20.2 Å². The van der Waals surface area contributed by atoms with Crippen molar-refractivity contribution in [2.75, 3.05) is 0 Å². The first-order valence-electron chi connectivity index (χ1n) is 4.36. The van der Waals surface area contributed by atoms with Crippen LogP contribution in [-0.2, 0) is 9.24 Å². The van der Waals surface area contributed by atoms with Crippen LogP contribution in [0.3, 0.4) is 0 Å². The topological polar surface area (TPSA) is 81.7 Å². The molecule has 0 atom stereocenters. The summed E-state index contributed by atoms with van der Waals surface area (Å²) in [6.07, 6.45) is -6.57. The van der Waals surface area contributed by atoms with Gasteiger partial charge < -0.3 is 9.47 Å². The first kappa shape index (κ1) is 15.4. The van der Waals surface area contributed by atoms with E-state index in [0.29, 0.717) is 0 Å². The van der Waals surface area contributed by atoms with E-state index in [-0.39, 0.29) is 0 Å². The van der Waals surface area contributed by atoms with Gasteiger partial charge in [-0.2, -0.15) is 8.42 Å². The highest BCUT2D eigenvalue weighted by atomic mass is 35.7. The predicted molar refractivity (Wildman–Crippen MR) is 57.1 cm³/mol. The third kappa shape index (κ3) is 6.15. The lowest BCUT2D eigenvalue weighted by Crippen LogP contribution is -2.30. The van der Waals surface area contributed by atoms with E-state index in [1.807, 2.05) is 0 Å². The zero-order chi connectivity index (χ0) is 14.7. The van der Waals surface area contributed by atoms with Gasteiger partial charge in [0.05, 0.1) is 0 Å². The second kappa shape index (κ2) is 5.53. The molecule has 106 valence electrons. The van der Waals surface area contributed by atoms with Crippen molar-refractivity contribution in [3.8, 4) is 11.5 Å². The molecule has 0 aliphatic heterocycles. The Kier molecular flexibility index (Phi) is 4.48. The maximum atomic E-state index is 12.0. The smallest absolute Gasteiger partial charge is 0.406 e. The molecule has 0 bridgehead atoms. The Bertz CT molecular complexity index is 574. The number of nitrogens with one attached hydrogen (secondary N) is 1. The summed E-state index contributed by atoms with van der Waals surface area (Å²) in [5.74, 6) is -1.44. The van der Waals surface area contributed by atoms with Crippen molar-refractivity contribution in [2.45, 2.75) is 6.36 Å². The number of carbonyl (C=O) groups is 1. The molecule has 1 amide bonds. The molecule has 1 N–H and O–H groups in total. The minimum Gasteiger partial charge on any atom is -0.406 e. The zero-order valence-corrected chi connectivity index (χ0v) is 10.3. The summed E-state index contributed by atoms with van der Waals surface area (Å²) < 4.78 is 66.2. The lowest BCUT2D eigenvalue weighted by atomic mass is 10.3. The summed E-state index contributed by atoms with van der Waals surface area (Å²) in [7, 11) is 0.283. The van der Waals surface area contributed by atoms with Crippen molar-refractivity contribution < 1.29 is 35.9 Å². The first-order valence-corrected chi connectivity index (χ1v) is 6.67. The van der Waals surface area contributed by atoms with Crippen LogP contribution >= 0.6 is 10.7 Å². The van der Waals surface area contributed by atoms with Crippen LogP contribution in [-0.4, -0.2) is 20.9 Å². The molecule has 0 radical (unpaired) electrons. The van der Waals surface area contributed by atoms with Gasteiger partial charge in [-0.15, -0.1) is 13.2 Å². The molecule has 0 saturated heterocycles. The van der Waals surface area contributed by atoms with E-state index < -0.39 is 33.2 Å². The van der Waals surface area contributed by atoms with Gasteiger partial charge >= 0.3 is 21.7 Å². The normalized spacial score (nSPS) is 11.8. The van der Waals surface area contributed by atoms with Crippen molar-refractivity contribution in [2.24, 2.45) is 0 Å². The maximum Gasteiger partial charge on any atom is 0.573 e. The van der Waals surface area contributed by atoms with Crippen molar-refractivity contribution in [3.05, 3.63) is 24.3 Å². The first-order chi connectivity index (χ1) is 8.57. The second-order valence-electron chi connectivity index (χ2n) is 2.92. The lowest BCUT2D eigenvalue weighted by molar-refractivity contribution is -0.275. The van der Waals surface area contributed by atoms with Gasteiger partial charge in [0.2, 0.25) is 0 Å². The van der Waals surface area contributed by atoms with Gasteiger partial charge in [0, 0.05) is 10.7 Å². The minimum absolute atomic E-state index is 0.627. The number of para-hydroxylation sites is 2. The Labute approximate surface area is 109 Å². The molecule has 19 heavy (non-hydrogen) atoms. The fourth-order valence-corrected chi connectivity index (χ4v) is 1.39. The molecule has 0 aliphatic carbocycles. The molecule has 0 fully saturated rings. The third-order valence-electron chi connectivity index (χ3n) is 1.48. The monoisotopic (exact) mass is 319 g/mol. The average molecular weight is 320 g/mol. The molecule has 0 aliphatic rings. The number of hydrogen-bond donors (Lipinski definition) is 1. The molecule has 0 unspecified atom stereocenters. The van der Waals surface area contributed by atoms with E-state index in [4.69, 9.17) is 0 Å². The summed E-state index contributed by atoms with van der Waals surface area (Å²) in [6, 6.07) is 4.30. The molecule has 0 aromatic heterocycles. The Morgan fingerprint density at radius 3 is 2.21 bits per heavy atom. The fraction of sp³-hybridized carbons (Fsp3) is 0.125. The number of amides is 1. The van der Waals surface area contributed by atoms with Crippen LogP contribution in [0.5, 0.6) is 11.5 Å². The van der Waals surface area contributed by atoms with Crippen LogP contribution in [0.1, 0.15) is 0 Å². The Balaban J connectivity index is 2.87. The summed E-state index contributed by atoms with van der Waals surface area (Å²) >= 11 is 0. The Hall–Kier alpha value is -1.68. The summed E-state index contributed by atoms with van der Waals surface area (Å²) in [6.45, 7) is 0. The Morgan fingerprint density at radius 1 is 1.21 bits per heavy atom. The molecule has 1 aromatic rings. The highest BCUT2D eigenvalue weighted by molar-refractivity contribution is 8.12. The SMILES string of the molecule is O=C(NS(=O)(=O)Cl)Oc1ccccc1OC(F)(F)F. The molecule has 0 heterocycles. The fourth-order valence-electron chi connectivity index (χ4n) is 0.964. The van der Waals surface area contributed by atoms with Crippen molar-refractivity contribution in [3.63, 3.8) is 0 Å². The van der Waals surface area contributed by atoms with Crippen LogP contribution in [0.4, 0.5) is 18.0 Å². The highest BCUT2D eigenvalue weighted by Crippen LogP contribution is 2.31. The second-order valence-corrected chi connectivity index (χ2v) is 5.22. The number of hydrogen-bond acceptors (Lipinski definition) is 5.